The number of aromatic hydroxyl groups is 1. The fourth-order valence-corrected chi connectivity index (χ4v) is 1.93. The summed E-state index contributed by atoms with van der Waals surface area (Å²) in [6, 6.07) is 3.15. The van der Waals surface area contributed by atoms with Crippen molar-refractivity contribution in [2.24, 2.45) is 10.8 Å². The lowest BCUT2D eigenvalue weighted by Crippen LogP contribution is -2.24. The van der Waals surface area contributed by atoms with Crippen molar-refractivity contribution in [3.63, 3.8) is 0 Å². The predicted octanol–water partition coefficient (Wildman–Crippen LogP) is 2.99. The van der Waals surface area contributed by atoms with E-state index in [1.165, 1.54) is 6.21 Å². The van der Waals surface area contributed by atoms with Crippen molar-refractivity contribution in [3.05, 3.63) is 28.8 Å². The van der Waals surface area contributed by atoms with Crippen molar-refractivity contribution in [1.29, 1.82) is 0 Å². The van der Waals surface area contributed by atoms with Crippen molar-refractivity contribution >= 4 is 12.2 Å². The molecule has 0 aromatic heterocycles. The molecule has 4 N–H and O–H groups in total. The maximum Gasteiger partial charge on any atom is 0.332 e. The molecule has 0 bridgehead atoms. The van der Waals surface area contributed by atoms with Gasteiger partial charge >= 0.3 is 6.03 Å². The third-order valence-electron chi connectivity index (χ3n) is 3.19. The molecule has 0 aliphatic carbocycles. The van der Waals surface area contributed by atoms with E-state index in [1.54, 1.807) is 0 Å². The highest BCUT2D eigenvalue weighted by Gasteiger charge is 2.24. The number of nitrogens with zero attached hydrogens (tertiary/aromatic N) is 1. The number of phenols is 1. The molecule has 5 nitrogen and oxygen atoms in total. The summed E-state index contributed by atoms with van der Waals surface area (Å²) in [5, 5.41) is 14.2. The van der Waals surface area contributed by atoms with Gasteiger partial charge in [-0.25, -0.2) is 10.2 Å². The number of nitrogens with one attached hydrogen (secondary N) is 1. The van der Waals surface area contributed by atoms with Gasteiger partial charge < -0.3 is 10.8 Å². The van der Waals surface area contributed by atoms with Gasteiger partial charge in [0.15, 0.2) is 0 Å². The Bertz CT molecular complexity index is 564. The molecule has 0 spiro atoms. The first-order valence-corrected chi connectivity index (χ1v) is 6.89. The average Bonchev–Trinajstić information content (AvgIpc) is 2.27. The van der Waals surface area contributed by atoms with Crippen LogP contribution >= 0.6 is 0 Å². The molecule has 1 aromatic carbocycles. The van der Waals surface area contributed by atoms with Crippen LogP contribution in [0.4, 0.5) is 4.79 Å². The summed E-state index contributed by atoms with van der Waals surface area (Å²) in [6.45, 7) is 12.4. The van der Waals surface area contributed by atoms with E-state index < -0.39 is 6.03 Å². The Labute approximate surface area is 126 Å². The van der Waals surface area contributed by atoms with Crippen LogP contribution in [0.2, 0.25) is 0 Å². The fourth-order valence-electron chi connectivity index (χ4n) is 1.93. The van der Waals surface area contributed by atoms with Gasteiger partial charge in [0.05, 0.1) is 6.21 Å². The van der Waals surface area contributed by atoms with Crippen LogP contribution < -0.4 is 11.2 Å². The molecule has 1 rings (SSSR count). The van der Waals surface area contributed by atoms with E-state index in [0.717, 1.165) is 11.1 Å². The van der Waals surface area contributed by atoms with Crippen LogP contribution in [-0.4, -0.2) is 17.4 Å². The normalized spacial score (nSPS) is 12.7. The van der Waals surface area contributed by atoms with Crippen molar-refractivity contribution in [2.75, 3.05) is 0 Å². The molecule has 0 saturated carbocycles. The Morgan fingerprint density at radius 2 is 1.76 bits per heavy atom. The number of primary amides is 1. The third kappa shape index (κ3) is 4.48. The molecule has 0 radical (unpaired) electrons. The van der Waals surface area contributed by atoms with Gasteiger partial charge in [-0.3, -0.25) is 0 Å². The van der Waals surface area contributed by atoms with Crippen molar-refractivity contribution < 1.29 is 9.90 Å². The van der Waals surface area contributed by atoms with Gasteiger partial charge in [-0.1, -0.05) is 47.6 Å². The number of hydrazone groups is 1. The number of carbonyl (C=O) groups excluding carboxylic acids is 1. The van der Waals surface area contributed by atoms with E-state index in [9.17, 15) is 9.90 Å². The summed E-state index contributed by atoms with van der Waals surface area (Å²) >= 11 is 0. The second-order valence-electron chi connectivity index (χ2n) is 7.20. The van der Waals surface area contributed by atoms with E-state index in [2.05, 4.69) is 31.3 Å². The number of rotatable bonds is 2. The topological polar surface area (TPSA) is 87.7 Å². The molecule has 116 valence electrons. The van der Waals surface area contributed by atoms with Crippen molar-refractivity contribution in [3.8, 4) is 5.75 Å². The van der Waals surface area contributed by atoms with E-state index >= 15 is 0 Å². The maximum atomic E-state index is 10.7. The SMILES string of the molecule is CC(C)(C)c1cc(C=NNC(N)=O)c(O)c(C(C)(C)C)c1. The van der Waals surface area contributed by atoms with Gasteiger partial charge in [-0.15, -0.1) is 0 Å². The van der Waals surface area contributed by atoms with Crippen molar-refractivity contribution in [2.45, 2.75) is 52.4 Å². The highest BCUT2D eigenvalue weighted by molar-refractivity contribution is 5.86. The third-order valence-corrected chi connectivity index (χ3v) is 3.19. The molecule has 2 amide bonds. The van der Waals surface area contributed by atoms with E-state index in [-0.39, 0.29) is 16.6 Å². The zero-order chi connectivity index (χ0) is 16.4. The van der Waals surface area contributed by atoms with Gasteiger partial charge in [-0.2, -0.15) is 5.10 Å². The number of hydrogen-bond acceptors (Lipinski definition) is 3. The van der Waals surface area contributed by atoms with Gasteiger partial charge in [0, 0.05) is 11.1 Å². The number of amides is 2. The molecule has 0 aliphatic heterocycles. The van der Waals surface area contributed by atoms with Crippen LogP contribution in [0.3, 0.4) is 0 Å². The number of hydrogen-bond donors (Lipinski definition) is 3. The second-order valence-corrected chi connectivity index (χ2v) is 7.20. The lowest BCUT2D eigenvalue weighted by atomic mass is 9.79. The summed E-state index contributed by atoms with van der Waals surface area (Å²) in [7, 11) is 0. The monoisotopic (exact) mass is 291 g/mol. The lowest BCUT2D eigenvalue weighted by Gasteiger charge is -2.26. The first-order chi connectivity index (χ1) is 9.43. The average molecular weight is 291 g/mol. The van der Waals surface area contributed by atoms with Crippen LogP contribution in [0.5, 0.6) is 5.75 Å². The van der Waals surface area contributed by atoms with Gasteiger partial charge in [0.1, 0.15) is 5.75 Å². The molecule has 0 fully saturated rings. The minimum absolute atomic E-state index is 0.0621. The first kappa shape index (κ1) is 17.0. The molecule has 0 heterocycles. The smallest absolute Gasteiger partial charge is 0.332 e. The summed E-state index contributed by atoms with van der Waals surface area (Å²) in [5.74, 6) is 0.172. The summed E-state index contributed by atoms with van der Waals surface area (Å²) < 4.78 is 0. The van der Waals surface area contributed by atoms with Crippen LogP contribution in [0.15, 0.2) is 17.2 Å². The minimum Gasteiger partial charge on any atom is -0.507 e. The van der Waals surface area contributed by atoms with Crippen LogP contribution in [0.1, 0.15) is 58.2 Å². The molecular weight excluding hydrogens is 266 g/mol. The zero-order valence-corrected chi connectivity index (χ0v) is 13.6. The first-order valence-electron chi connectivity index (χ1n) is 6.89. The Hall–Kier alpha value is -2.04. The summed E-state index contributed by atoms with van der Waals surface area (Å²) in [4.78, 5) is 10.7. The molecule has 1 aromatic rings. The number of carbonyl (C=O) groups is 1. The largest absolute Gasteiger partial charge is 0.507 e. The summed E-state index contributed by atoms with van der Waals surface area (Å²) in [6.07, 6.45) is 1.41. The molecule has 0 aliphatic rings. The van der Waals surface area contributed by atoms with Gasteiger partial charge in [0.2, 0.25) is 0 Å². The van der Waals surface area contributed by atoms with E-state index in [4.69, 9.17) is 5.73 Å². The van der Waals surface area contributed by atoms with E-state index in [1.807, 2.05) is 32.9 Å². The molecular formula is C16H25N3O2. The van der Waals surface area contributed by atoms with Crippen LogP contribution in [-0.2, 0) is 10.8 Å². The molecule has 5 heteroatoms. The number of phenolic OH excluding ortho intramolecular Hbond substituents is 1. The molecule has 0 atom stereocenters. The quantitative estimate of drug-likeness (QED) is 0.577. The Morgan fingerprint density at radius 3 is 2.19 bits per heavy atom. The minimum atomic E-state index is -0.742. The Kier molecular flexibility index (Phi) is 4.66. The highest BCUT2D eigenvalue weighted by atomic mass is 16.3. The number of nitrogens with two attached hydrogens (primary N) is 1. The molecule has 0 saturated heterocycles. The Morgan fingerprint density at radius 1 is 1.19 bits per heavy atom. The second kappa shape index (κ2) is 5.76. The standard InChI is InChI=1S/C16H25N3O2/c1-15(2,3)11-7-10(9-18-19-14(17)21)13(20)12(8-11)16(4,5)6/h7-9,20H,1-6H3,(H3,17,19,21). The van der Waals surface area contributed by atoms with E-state index in [0.29, 0.717) is 5.56 Å². The van der Waals surface area contributed by atoms with Crippen LogP contribution in [0, 0.1) is 0 Å². The Balaban J connectivity index is 3.42. The van der Waals surface area contributed by atoms with Gasteiger partial charge in [0.25, 0.3) is 0 Å². The highest BCUT2D eigenvalue weighted by Crippen LogP contribution is 2.36. The zero-order valence-electron chi connectivity index (χ0n) is 13.6. The lowest BCUT2D eigenvalue weighted by molar-refractivity contribution is 0.249. The molecule has 0 unspecified atom stereocenters. The molecule has 21 heavy (non-hydrogen) atoms. The predicted molar refractivity (Wildman–Crippen MR) is 85.8 cm³/mol. The van der Waals surface area contributed by atoms with Crippen LogP contribution in [0.25, 0.3) is 0 Å². The van der Waals surface area contributed by atoms with Gasteiger partial charge in [-0.05, 0) is 22.5 Å². The number of urea groups is 1. The maximum absolute atomic E-state index is 10.7. The summed E-state index contributed by atoms with van der Waals surface area (Å²) in [5.41, 5.74) is 9.32. The number of benzene rings is 1. The van der Waals surface area contributed by atoms with Crippen molar-refractivity contribution in [1.82, 2.24) is 5.43 Å². The fraction of sp³-hybridized carbons (Fsp3) is 0.500.